The van der Waals surface area contributed by atoms with Gasteiger partial charge in [0.15, 0.2) is 11.7 Å². The molecule has 0 aliphatic carbocycles. The van der Waals surface area contributed by atoms with Crippen molar-refractivity contribution in [3.8, 4) is 17.1 Å². The van der Waals surface area contributed by atoms with Crippen molar-refractivity contribution >= 4 is 58.6 Å². The largest absolute Gasteiger partial charge is 0.483 e. The Morgan fingerprint density at radius 1 is 1.15 bits per heavy atom. The van der Waals surface area contributed by atoms with Crippen LogP contribution in [-0.4, -0.2) is 36.4 Å². The van der Waals surface area contributed by atoms with Crippen molar-refractivity contribution in [3.63, 3.8) is 0 Å². The highest BCUT2D eigenvalue weighted by Crippen LogP contribution is 2.35. The third-order valence-corrected chi connectivity index (χ3v) is 6.62. The molecule has 3 N–H and O–H groups in total. The molecular weight excluding hydrogens is 563 g/mol. The number of carbonyl (C=O) groups is 2. The van der Waals surface area contributed by atoms with Crippen molar-refractivity contribution in [2.24, 2.45) is 5.10 Å². The number of ether oxygens (including phenoxy) is 2. The van der Waals surface area contributed by atoms with E-state index in [9.17, 15) is 9.59 Å². The van der Waals surface area contributed by atoms with E-state index in [1.54, 1.807) is 68.4 Å². The normalized spacial score (nSPS) is 15.1. The smallest absolute Gasteiger partial charge is 0.338 e. The van der Waals surface area contributed by atoms with E-state index in [0.29, 0.717) is 54.8 Å². The monoisotopic (exact) mass is 586 g/mol. The fourth-order valence-electron chi connectivity index (χ4n) is 3.86. The Kier molecular flexibility index (Phi) is 9.23. The van der Waals surface area contributed by atoms with Crippen molar-refractivity contribution in [1.29, 1.82) is 0 Å². The highest BCUT2D eigenvalue weighted by Gasteiger charge is 2.32. The summed E-state index contributed by atoms with van der Waals surface area (Å²) in [7, 11) is 0. The summed E-state index contributed by atoms with van der Waals surface area (Å²) in [4.78, 5) is 25.1. The number of benzene rings is 2. The van der Waals surface area contributed by atoms with E-state index in [0.717, 1.165) is 0 Å². The van der Waals surface area contributed by atoms with Crippen molar-refractivity contribution in [3.05, 3.63) is 87.2 Å². The Morgan fingerprint density at radius 3 is 2.74 bits per heavy atom. The number of furan rings is 1. The standard InChI is InChI=1S/C27H24Cl2N4O5S/c1-3-36-26(35)23-15(2)31-27(39)32-25(23)18-7-4-5-10-20(18)37-14-22(34)33-30-13-16-11-12-21(38-16)17-8-6-9-19(28)24(17)29/h4-13,25H,3,14H2,1-2H3,(H,33,34)(H2,31,32,39)/t25-/m0/s1. The second kappa shape index (κ2) is 12.8. The van der Waals surface area contributed by atoms with Gasteiger partial charge in [-0.05, 0) is 56.4 Å². The maximum Gasteiger partial charge on any atom is 0.338 e. The van der Waals surface area contributed by atoms with E-state index in [4.69, 9.17) is 49.3 Å². The zero-order valence-electron chi connectivity index (χ0n) is 20.9. The number of esters is 1. The lowest BCUT2D eigenvalue weighted by Crippen LogP contribution is -2.45. The number of nitrogens with one attached hydrogen (secondary N) is 3. The minimum atomic E-state index is -0.628. The summed E-state index contributed by atoms with van der Waals surface area (Å²) >= 11 is 17.6. The van der Waals surface area contributed by atoms with Gasteiger partial charge in [-0.25, -0.2) is 10.2 Å². The highest BCUT2D eigenvalue weighted by molar-refractivity contribution is 7.80. The summed E-state index contributed by atoms with van der Waals surface area (Å²) in [5.74, 6) is 0.310. The topological polar surface area (TPSA) is 114 Å². The van der Waals surface area contributed by atoms with Crippen LogP contribution in [0.3, 0.4) is 0 Å². The zero-order chi connectivity index (χ0) is 27.9. The predicted molar refractivity (Wildman–Crippen MR) is 153 cm³/mol. The van der Waals surface area contributed by atoms with Crippen LogP contribution in [0.4, 0.5) is 0 Å². The number of allylic oxidation sites excluding steroid dienone is 1. The van der Waals surface area contributed by atoms with E-state index < -0.39 is 17.9 Å². The minimum Gasteiger partial charge on any atom is -0.483 e. The van der Waals surface area contributed by atoms with Gasteiger partial charge in [-0.2, -0.15) is 5.10 Å². The molecule has 1 atom stereocenters. The first-order valence-corrected chi connectivity index (χ1v) is 13.0. The first-order chi connectivity index (χ1) is 18.8. The Hall–Kier alpha value is -3.86. The maximum absolute atomic E-state index is 12.7. The predicted octanol–water partition coefficient (Wildman–Crippen LogP) is 5.14. The van der Waals surface area contributed by atoms with Crippen LogP contribution in [0, 0.1) is 0 Å². The van der Waals surface area contributed by atoms with Crippen molar-refractivity contribution in [2.45, 2.75) is 19.9 Å². The minimum absolute atomic E-state index is 0.222. The molecule has 0 saturated heterocycles. The quantitative estimate of drug-likeness (QED) is 0.137. The van der Waals surface area contributed by atoms with E-state index in [1.807, 2.05) is 0 Å². The van der Waals surface area contributed by atoms with Gasteiger partial charge >= 0.3 is 5.97 Å². The van der Waals surface area contributed by atoms with Gasteiger partial charge in [-0.1, -0.05) is 47.5 Å². The summed E-state index contributed by atoms with van der Waals surface area (Å²) in [5, 5.41) is 11.1. The van der Waals surface area contributed by atoms with E-state index in [1.165, 1.54) is 6.21 Å². The zero-order valence-corrected chi connectivity index (χ0v) is 23.2. The summed E-state index contributed by atoms with van der Waals surface area (Å²) in [5.41, 5.74) is 4.59. The Bertz CT molecular complexity index is 1470. The van der Waals surface area contributed by atoms with Crippen LogP contribution < -0.4 is 20.8 Å². The first kappa shape index (κ1) is 28.2. The van der Waals surface area contributed by atoms with Crippen molar-refractivity contribution < 1.29 is 23.5 Å². The summed E-state index contributed by atoms with van der Waals surface area (Å²) in [6.07, 6.45) is 1.35. The highest BCUT2D eigenvalue weighted by atomic mass is 35.5. The molecule has 4 rings (SSSR count). The average Bonchev–Trinajstić information content (AvgIpc) is 3.37. The third-order valence-electron chi connectivity index (χ3n) is 5.58. The fraction of sp³-hybridized carbons (Fsp3) is 0.185. The SMILES string of the molecule is CCOC(=O)C1=C(C)NC(=S)N[C@H]1c1ccccc1OCC(=O)NN=Cc1ccc(-c2cccc(Cl)c2Cl)o1. The molecule has 1 aromatic heterocycles. The van der Waals surface area contributed by atoms with Crippen LogP contribution in [0.25, 0.3) is 11.3 Å². The second-order valence-electron chi connectivity index (χ2n) is 8.21. The van der Waals surface area contributed by atoms with Crippen molar-refractivity contribution in [2.75, 3.05) is 13.2 Å². The van der Waals surface area contributed by atoms with E-state index in [-0.39, 0.29) is 13.2 Å². The van der Waals surface area contributed by atoms with E-state index >= 15 is 0 Å². The molecule has 1 amide bonds. The average molecular weight is 587 g/mol. The molecule has 0 spiro atoms. The first-order valence-electron chi connectivity index (χ1n) is 11.8. The van der Waals surface area contributed by atoms with Crippen LogP contribution >= 0.6 is 35.4 Å². The van der Waals surface area contributed by atoms with Crippen LogP contribution in [0.15, 0.2) is 75.4 Å². The van der Waals surface area contributed by atoms with Crippen LogP contribution in [-0.2, 0) is 14.3 Å². The summed E-state index contributed by atoms with van der Waals surface area (Å²) in [6.45, 7) is 3.36. The maximum atomic E-state index is 12.7. The molecular formula is C27H24Cl2N4O5S. The molecule has 1 aliphatic heterocycles. The number of para-hydroxylation sites is 1. The van der Waals surface area contributed by atoms with E-state index in [2.05, 4.69) is 21.2 Å². The van der Waals surface area contributed by atoms with Crippen molar-refractivity contribution in [1.82, 2.24) is 16.1 Å². The van der Waals surface area contributed by atoms with Gasteiger partial charge in [0.05, 0.1) is 34.5 Å². The Labute approximate surface area is 240 Å². The Morgan fingerprint density at radius 2 is 1.95 bits per heavy atom. The number of rotatable bonds is 9. The number of hydrazone groups is 1. The number of hydrogen-bond acceptors (Lipinski definition) is 7. The van der Waals surface area contributed by atoms with Gasteiger partial charge in [0, 0.05) is 16.8 Å². The molecule has 2 aromatic carbocycles. The molecule has 12 heteroatoms. The molecule has 0 saturated carbocycles. The van der Waals surface area contributed by atoms with Gasteiger partial charge < -0.3 is 24.5 Å². The molecule has 3 aromatic rings. The lowest BCUT2D eigenvalue weighted by Gasteiger charge is -2.30. The van der Waals surface area contributed by atoms with Gasteiger partial charge in [0.25, 0.3) is 5.91 Å². The number of thiocarbonyl (C=S) groups is 1. The van der Waals surface area contributed by atoms with Crippen LogP contribution in [0.5, 0.6) is 5.75 Å². The summed E-state index contributed by atoms with van der Waals surface area (Å²) in [6, 6.07) is 15.0. The lowest BCUT2D eigenvalue weighted by molar-refractivity contribution is -0.139. The van der Waals surface area contributed by atoms with Gasteiger partial charge in [0.2, 0.25) is 0 Å². The molecule has 0 unspecified atom stereocenters. The van der Waals surface area contributed by atoms with Gasteiger partial charge in [0.1, 0.15) is 17.3 Å². The Balaban J connectivity index is 1.41. The summed E-state index contributed by atoms with van der Waals surface area (Å²) < 4.78 is 16.7. The second-order valence-corrected chi connectivity index (χ2v) is 9.41. The molecule has 0 fully saturated rings. The molecule has 1 aliphatic rings. The lowest BCUT2D eigenvalue weighted by atomic mass is 9.95. The number of carbonyl (C=O) groups excluding carboxylic acids is 2. The molecule has 0 bridgehead atoms. The molecule has 202 valence electrons. The number of nitrogens with zero attached hydrogens (tertiary/aromatic N) is 1. The number of halogens is 2. The van der Waals surface area contributed by atoms with Crippen LogP contribution in [0.1, 0.15) is 31.2 Å². The third kappa shape index (κ3) is 6.78. The number of hydrogen-bond donors (Lipinski definition) is 3. The number of amides is 1. The molecule has 2 heterocycles. The van der Waals surface area contributed by atoms with Gasteiger partial charge in [-0.3, -0.25) is 4.79 Å². The van der Waals surface area contributed by atoms with Crippen LogP contribution in [0.2, 0.25) is 10.0 Å². The molecule has 9 nitrogen and oxygen atoms in total. The van der Waals surface area contributed by atoms with Gasteiger partial charge in [-0.15, -0.1) is 0 Å². The molecule has 39 heavy (non-hydrogen) atoms. The fourth-order valence-corrected chi connectivity index (χ4v) is 4.53. The molecule has 0 radical (unpaired) electrons.